The van der Waals surface area contributed by atoms with Crippen LogP contribution in [0.1, 0.15) is 45.4 Å². The normalized spacial score (nSPS) is 20.4. The van der Waals surface area contributed by atoms with E-state index in [-0.39, 0.29) is 0 Å². The Balaban J connectivity index is 1.99. The first-order chi connectivity index (χ1) is 6.33. The van der Waals surface area contributed by atoms with Crippen LogP contribution in [0.5, 0.6) is 0 Å². The van der Waals surface area contributed by atoms with Crippen LogP contribution < -0.4 is 5.48 Å². The standard InChI is InChI=1S/C11H21NO/c1-3-4-7-10(2)12-13-11-8-5-6-9-11/h3,10-12H,1,4-9H2,2H3. The highest BCUT2D eigenvalue weighted by atomic mass is 16.7. The summed E-state index contributed by atoms with van der Waals surface area (Å²) in [4.78, 5) is 5.58. The average molecular weight is 183 g/mol. The van der Waals surface area contributed by atoms with Gasteiger partial charge in [-0.2, -0.15) is 5.48 Å². The van der Waals surface area contributed by atoms with Crippen molar-refractivity contribution < 1.29 is 4.84 Å². The molecule has 0 heterocycles. The third-order valence-electron chi connectivity index (χ3n) is 2.54. The molecule has 2 nitrogen and oxygen atoms in total. The Morgan fingerprint density at radius 3 is 2.85 bits per heavy atom. The molecule has 0 aliphatic heterocycles. The van der Waals surface area contributed by atoms with Crippen molar-refractivity contribution in [1.29, 1.82) is 0 Å². The summed E-state index contributed by atoms with van der Waals surface area (Å²) in [5.74, 6) is 0. The van der Waals surface area contributed by atoms with Gasteiger partial charge in [0.25, 0.3) is 0 Å². The van der Waals surface area contributed by atoms with E-state index in [1.165, 1.54) is 25.7 Å². The molecule has 76 valence electrons. The molecule has 0 radical (unpaired) electrons. The number of hydroxylamine groups is 1. The molecule has 1 aliphatic carbocycles. The molecule has 0 aromatic heterocycles. The molecule has 1 atom stereocenters. The van der Waals surface area contributed by atoms with Gasteiger partial charge < -0.3 is 0 Å². The van der Waals surface area contributed by atoms with Gasteiger partial charge >= 0.3 is 0 Å². The molecule has 0 aromatic carbocycles. The predicted octanol–water partition coefficient (Wildman–Crippen LogP) is 2.80. The third kappa shape index (κ3) is 4.44. The van der Waals surface area contributed by atoms with Gasteiger partial charge in [0.1, 0.15) is 0 Å². The summed E-state index contributed by atoms with van der Waals surface area (Å²) in [5.41, 5.74) is 3.11. The number of rotatable bonds is 6. The zero-order valence-electron chi connectivity index (χ0n) is 8.59. The van der Waals surface area contributed by atoms with Gasteiger partial charge in [0.05, 0.1) is 6.10 Å². The van der Waals surface area contributed by atoms with Gasteiger partial charge in [0, 0.05) is 6.04 Å². The van der Waals surface area contributed by atoms with Crippen molar-refractivity contribution in [2.45, 2.75) is 57.6 Å². The van der Waals surface area contributed by atoms with Crippen LogP contribution in [0, 0.1) is 0 Å². The fourth-order valence-electron chi connectivity index (χ4n) is 1.65. The minimum Gasteiger partial charge on any atom is -0.298 e. The second kappa shape index (κ2) is 6.17. The Hall–Kier alpha value is -0.340. The zero-order valence-corrected chi connectivity index (χ0v) is 8.59. The number of hydrogen-bond acceptors (Lipinski definition) is 2. The lowest BCUT2D eigenvalue weighted by molar-refractivity contribution is -0.0381. The molecule has 0 amide bonds. The van der Waals surface area contributed by atoms with E-state index >= 15 is 0 Å². The molecule has 0 saturated heterocycles. The fraction of sp³-hybridized carbons (Fsp3) is 0.818. The lowest BCUT2D eigenvalue weighted by Crippen LogP contribution is -2.30. The first-order valence-electron chi connectivity index (χ1n) is 5.35. The van der Waals surface area contributed by atoms with Gasteiger partial charge in [0.2, 0.25) is 0 Å². The Bertz CT molecular complexity index is 141. The Morgan fingerprint density at radius 1 is 1.54 bits per heavy atom. The van der Waals surface area contributed by atoms with E-state index in [4.69, 9.17) is 4.84 Å². The van der Waals surface area contributed by atoms with Crippen molar-refractivity contribution in [1.82, 2.24) is 5.48 Å². The molecule has 1 fully saturated rings. The van der Waals surface area contributed by atoms with Crippen LogP contribution in [-0.2, 0) is 4.84 Å². The summed E-state index contributed by atoms with van der Waals surface area (Å²) in [6.07, 6.45) is 9.68. The SMILES string of the molecule is C=CCCC(C)NOC1CCCC1. The fourth-order valence-corrected chi connectivity index (χ4v) is 1.65. The van der Waals surface area contributed by atoms with Gasteiger partial charge in [-0.3, -0.25) is 4.84 Å². The summed E-state index contributed by atoms with van der Waals surface area (Å²) in [7, 11) is 0. The van der Waals surface area contributed by atoms with Gasteiger partial charge in [-0.05, 0) is 32.6 Å². The van der Waals surface area contributed by atoms with Crippen LogP contribution in [0.3, 0.4) is 0 Å². The third-order valence-corrected chi connectivity index (χ3v) is 2.54. The lowest BCUT2D eigenvalue weighted by Gasteiger charge is -2.16. The summed E-state index contributed by atoms with van der Waals surface area (Å²) in [6, 6.07) is 0.443. The molecule has 1 aliphatic rings. The molecular formula is C11H21NO. The quantitative estimate of drug-likeness (QED) is 0.505. The molecule has 1 saturated carbocycles. The van der Waals surface area contributed by atoms with Crippen molar-refractivity contribution in [3.8, 4) is 0 Å². The summed E-state index contributed by atoms with van der Waals surface area (Å²) in [6.45, 7) is 5.85. The highest BCUT2D eigenvalue weighted by Crippen LogP contribution is 2.20. The minimum atomic E-state index is 0.443. The lowest BCUT2D eigenvalue weighted by atomic mass is 10.2. The second-order valence-corrected chi connectivity index (χ2v) is 3.91. The molecule has 1 N–H and O–H groups in total. The van der Waals surface area contributed by atoms with E-state index in [1.54, 1.807) is 0 Å². The van der Waals surface area contributed by atoms with E-state index in [0.717, 1.165) is 12.8 Å². The van der Waals surface area contributed by atoms with Crippen LogP contribution in [0.25, 0.3) is 0 Å². The van der Waals surface area contributed by atoms with E-state index in [9.17, 15) is 0 Å². The molecule has 2 heteroatoms. The average Bonchev–Trinajstić information content (AvgIpc) is 2.64. The van der Waals surface area contributed by atoms with Crippen LogP contribution in [0.4, 0.5) is 0 Å². The number of allylic oxidation sites excluding steroid dienone is 1. The van der Waals surface area contributed by atoms with Crippen molar-refractivity contribution in [2.24, 2.45) is 0 Å². The maximum Gasteiger partial charge on any atom is 0.0790 e. The van der Waals surface area contributed by atoms with Gasteiger partial charge in [0.15, 0.2) is 0 Å². The Kier molecular flexibility index (Phi) is 5.09. The van der Waals surface area contributed by atoms with Crippen LogP contribution in [0.2, 0.25) is 0 Å². The Morgan fingerprint density at radius 2 is 2.23 bits per heavy atom. The largest absolute Gasteiger partial charge is 0.298 e. The number of nitrogens with one attached hydrogen (secondary N) is 1. The molecule has 0 spiro atoms. The van der Waals surface area contributed by atoms with Crippen molar-refractivity contribution >= 4 is 0 Å². The number of hydrogen-bond donors (Lipinski definition) is 1. The van der Waals surface area contributed by atoms with E-state index in [1.807, 2.05) is 6.08 Å². The minimum absolute atomic E-state index is 0.443. The van der Waals surface area contributed by atoms with E-state index < -0.39 is 0 Å². The summed E-state index contributed by atoms with van der Waals surface area (Å²) in [5, 5.41) is 0. The topological polar surface area (TPSA) is 21.3 Å². The van der Waals surface area contributed by atoms with Crippen LogP contribution in [-0.4, -0.2) is 12.1 Å². The van der Waals surface area contributed by atoms with Crippen molar-refractivity contribution in [3.05, 3.63) is 12.7 Å². The Labute approximate surface area is 81.3 Å². The first kappa shape index (κ1) is 10.7. The summed E-state index contributed by atoms with van der Waals surface area (Å²) >= 11 is 0. The molecule has 0 aromatic rings. The monoisotopic (exact) mass is 183 g/mol. The van der Waals surface area contributed by atoms with E-state index in [0.29, 0.717) is 12.1 Å². The van der Waals surface area contributed by atoms with E-state index in [2.05, 4.69) is 19.0 Å². The predicted molar refractivity (Wildman–Crippen MR) is 55.4 cm³/mol. The second-order valence-electron chi connectivity index (χ2n) is 3.91. The molecule has 1 rings (SSSR count). The molecule has 1 unspecified atom stereocenters. The maximum absolute atomic E-state index is 5.58. The molecule has 0 bridgehead atoms. The van der Waals surface area contributed by atoms with Gasteiger partial charge in [-0.25, -0.2) is 0 Å². The van der Waals surface area contributed by atoms with Crippen LogP contribution >= 0.6 is 0 Å². The zero-order chi connectivity index (χ0) is 9.52. The summed E-state index contributed by atoms with van der Waals surface area (Å²) < 4.78 is 0. The molecule has 13 heavy (non-hydrogen) atoms. The molecular weight excluding hydrogens is 162 g/mol. The highest BCUT2D eigenvalue weighted by Gasteiger charge is 2.16. The van der Waals surface area contributed by atoms with Crippen molar-refractivity contribution in [2.75, 3.05) is 0 Å². The maximum atomic E-state index is 5.58. The van der Waals surface area contributed by atoms with Crippen molar-refractivity contribution in [3.63, 3.8) is 0 Å². The van der Waals surface area contributed by atoms with Gasteiger partial charge in [-0.1, -0.05) is 18.9 Å². The highest BCUT2D eigenvalue weighted by molar-refractivity contribution is 4.70. The van der Waals surface area contributed by atoms with Crippen LogP contribution in [0.15, 0.2) is 12.7 Å². The smallest absolute Gasteiger partial charge is 0.0790 e. The van der Waals surface area contributed by atoms with Gasteiger partial charge in [-0.15, -0.1) is 6.58 Å². The first-order valence-corrected chi connectivity index (χ1v) is 5.35.